The number of nitrogens with one attached hydrogen (secondary N) is 1. The van der Waals surface area contributed by atoms with Gasteiger partial charge in [0.1, 0.15) is 0 Å². The minimum Gasteiger partial charge on any atom is -0.320 e. The summed E-state index contributed by atoms with van der Waals surface area (Å²) in [5.74, 6) is 0. The van der Waals surface area contributed by atoms with Crippen LogP contribution in [0.4, 0.5) is 0 Å². The van der Waals surface area contributed by atoms with Crippen molar-refractivity contribution in [1.82, 2.24) is 10.2 Å². The molecule has 1 fully saturated rings. The number of nitrogens with zero attached hydrogens (tertiary/aromatic N) is 1. The van der Waals surface area contributed by atoms with Crippen molar-refractivity contribution in [2.24, 2.45) is 0 Å². The second-order valence-electron chi connectivity index (χ2n) is 4.70. The molecule has 0 amide bonds. The van der Waals surface area contributed by atoms with Crippen LogP contribution in [0.25, 0.3) is 0 Å². The van der Waals surface area contributed by atoms with Gasteiger partial charge in [0.05, 0.1) is 0 Å². The third-order valence-electron chi connectivity index (χ3n) is 3.66. The third kappa shape index (κ3) is 3.58. The van der Waals surface area contributed by atoms with Crippen LogP contribution in [0.3, 0.4) is 0 Å². The number of hydrogen-bond acceptors (Lipinski definition) is 2. The first-order valence-corrected chi connectivity index (χ1v) is 6.12. The highest BCUT2D eigenvalue weighted by molar-refractivity contribution is 4.77. The smallest absolute Gasteiger partial charge is 0.00950 e. The molecule has 0 spiro atoms. The minimum atomic E-state index is 0.727. The molecule has 0 bridgehead atoms. The van der Waals surface area contributed by atoms with Crippen molar-refractivity contribution in [3.8, 4) is 0 Å². The molecule has 1 aliphatic carbocycles. The standard InChI is InChI=1S/C12H26N2/c1-11(9-10-13-2)14(3)12-7-5-4-6-8-12/h11-13H,4-10H2,1-3H3. The van der Waals surface area contributed by atoms with Gasteiger partial charge in [0.2, 0.25) is 0 Å². The van der Waals surface area contributed by atoms with Crippen LogP contribution in [0.5, 0.6) is 0 Å². The molecular formula is C12H26N2. The fraction of sp³-hybridized carbons (Fsp3) is 1.00. The van der Waals surface area contributed by atoms with E-state index in [1.807, 2.05) is 7.05 Å². The van der Waals surface area contributed by atoms with Crippen LogP contribution in [-0.2, 0) is 0 Å². The Morgan fingerprint density at radius 1 is 1.29 bits per heavy atom. The Kier molecular flexibility index (Phi) is 5.49. The molecule has 1 unspecified atom stereocenters. The van der Waals surface area contributed by atoms with Gasteiger partial charge >= 0.3 is 0 Å². The second kappa shape index (κ2) is 6.41. The fourth-order valence-corrected chi connectivity index (χ4v) is 2.41. The Bertz CT molecular complexity index is 141. The maximum atomic E-state index is 3.23. The average Bonchev–Trinajstić information content (AvgIpc) is 2.26. The zero-order valence-electron chi connectivity index (χ0n) is 10.1. The monoisotopic (exact) mass is 198 g/mol. The zero-order chi connectivity index (χ0) is 10.4. The van der Waals surface area contributed by atoms with Gasteiger partial charge in [-0.2, -0.15) is 0 Å². The summed E-state index contributed by atoms with van der Waals surface area (Å²) in [4.78, 5) is 2.59. The molecule has 14 heavy (non-hydrogen) atoms. The summed E-state index contributed by atoms with van der Waals surface area (Å²) < 4.78 is 0. The molecule has 1 aliphatic rings. The largest absolute Gasteiger partial charge is 0.320 e. The highest BCUT2D eigenvalue weighted by Gasteiger charge is 2.21. The van der Waals surface area contributed by atoms with Gasteiger partial charge in [-0.25, -0.2) is 0 Å². The normalized spacial score (nSPS) is 21.4. The van der Waals surface area contributed by atoms with Gasteiger partial charge in [0.25, 0.3) is 0 Å². The Morgan fingerprint density at radius 2 is 1.93 bits per heavy atom. The van der Waals surface area contributed by atoms with Crippen LogP contribution in [0.1, 0.15) is 45.4 Å². The Morgan fingerprint density at radius 3 is 2.50 bits per heavy atom. The highest BCUT2D eigenvalue weighted by Crippen LogP contribution is 2.23. The molecule has 2 nitrogen and oxygen atoms in total. The summed E-state index contributed by atoms with van der Waals surface area (Å²) in [6, 6.07) is 1.58. The van der Waals surface area contributed by atoms with E-state index in [2.05, 4.69) is 24.2 Å². The molecule has 0 aromatic heterocycles. The first-order chi connectivity index (χ1) is 6.75. The number of hydrogen-bond donors (Lipinski definition) is 1. The topological polar surface area (TPSA) is 15.3 Å². The lowest BCUT2D eigenvalue weighted by molar-refractivity contribution is 0.140. The Labute approximate surface area is 89.1 Å². The quantitative estimate of drug-likeness (QED) is 0.729. The van der Waals surface area contributed by atoms with Crippen molar-refractivity contribution in [3.05, 3.63) is 0 Å². The molecule has 1 atom stereocenters. The molecule has 0 aliphatic heterocycles. The Hall–Kier alpha value is -0.0800. The van der Waals surface area contributed by atoms with Crippen molar-refractivity contribution in [3.63, 3.8) is 0 Å². The van der Waals surface area contributed by atoms with E-state index in [1.54, 1.807) is 0 Å². The van der Waals surface area contributed by atoms with Crippen LogP contribution >= 0.6 is 0 Å². The van der Waals surface area contributed by atoms with E-state index in [-0.39, 0.29) is 0 Å². The molecule has 1 rings (SSSR count). The summed E-state index contributed by atoms with van der Waals surface area (Å²) in [6.45, 7) is 3.49. The van der Waals surface area contributed by atoms with E-state index in [0.717, 1.165) is 18.6 Å². The van der Waals surface area contributed by atoms with Gasteiger partial charge in [0, 0.05) is 12.1 Å². The summed E-state index contributed by atoms with van der Waals surface area (Å²) in [5, 5.41) is 3.23. The average molecular weight is 198 g/mol. The maximum Gasteiger partial charge on any atom is 0.00950 e. The molecule has 0 saturated heterocycles. The second-order valence-corrected chi connectivity index (χ2v) is 4.70. The van der Waals surface area contributed by atoms with E-state index in [1.165, 1.54) is 38.5 Å². The van der Waals surface area contributed by atoms with Gasteiger partial charge in [0.15, 0.2) is 0 Å². The first-order valence-electron chi connectivity index (χ1n) is 6.12. The summed E-state index contributed by atoms with van der Waals surface area (Å²) in [6.07, 6.45) is 8.43. The first kappa shape index (κ1) is 12.0. The third-order valence-corrected chi connectivity index (χ3v) is 3.66. The van der Waals surface area contributed by atoms with E-state index >= 15 is 0 Å². The zero-order valence-corrected chi connectivity index (χ0v) is 10.1. The van der Waals surface area contributed by atoms with Gasteiger partial charge in [-0.05, 0) is 46.8 Å². The van der Waals surface area contributed by atoms with Gasteiger partial charge in [-0.1, -0.05) is 19.3 Å². The Balaban J connectivity index is 2.26. The predicted molar refractivity (Wildman–Crippen MR) is 62.6 cm³/mol. The van der Waals surface area contributed by atoms with E-state index in [4.69, 9.17) is 0 Å². The van der Waals surface area contributed by atoms with E-state index in [0.29, 0.717) is 0 Å². The minimum absolute atomic E-state index is 0.727. The fourth-order valence-electron chi connectivity index (χ4n) is 2.41. The van der Waals surface area contributed by atoms with Crippen molar-refractivity contribution in [2.75, 3.05) is 20.6 Å². The van der Waals surface area contributed by atoms with Crippen LogP contribution in [-0.4, -0.2) is 37.6 Å². The van der Waals surface area contributed by atoms with Gasteiger partial charge < -0.3 is 10.2 Å². The van der Waals surface area contributed by atoms with Crippen LogP contribution in [0, 0.1) is 0 Å². The lowest BCUT2D eigenvalue weighted by Crippen LogP contribution is -2.40. The molecule has 0 radical (unpaired) electrons. The van der Waals surface area contributed by atoms with Crippen LogP contribution in [0.2, 0.25) is 0 Å². The maximum absolute atomic E-state index is 3.23. The van der Waals surface area contributed by atoms with Crippen molar-refractivity contribution >= 4 is 0 Å². The SMILES string of the molecule is CNCCC(C)N(C)C1CCCCC1. The van der Waals surface area contributed by atoms with Crippen molar-refractivity contribution in [1.29, 1.82) is 0 Å². The van der Waals surface area contributed by atoms with Gasteiger partial charge in [-0.3, -0.25) is 0 Å². The molecule has 2 heteroatoms. The van der Waals surface area contributed by atoms with E-state index in [9.17, 15) is 0 Å². The predicted octanol–water partition coefficient (Wildman–Crippen LogP) is 2.25. The van der Waals surface area contributed by atoms with E-state index < -0.39 is 0 Å². The lowest BCUT2D eigenvalue weighted by atomic mass is 9.93. The lowest BCUT2D eigenvalue weighted by Gasteiger charge is -2.35. The molecular weight excluding hydrogens is 172 g/mol. The van der Waals surface area contributed by atoms with Crippen LogP contribution in [0.15, 0.2) is 0 Å². The molecule has 84 valence electrons. The van der Waals surface area contributed by atoms with Gasteiger partial charge in [-0.15, -0.1) is 0 Å². The molecule has 0 aromatic rings. The van der Waals surface area contributed by atoms with Crippen molar-refractivity contribution < 1.29 is 0 Å². The summed E-state index contributed by atoms with van der Waals surface area (Å²) in [5.41, 5.74) is 0. The molecule has 0 heterocycles. The summed E-state index contributed by atoms with van der Waals surface area (Å²) >= 11 is 0. The van der Waals surface area contributed by atoms with Crippen molar-refractivity contribution in [2.45, 2.75) is 57.5 Å². The van der Waals surface area contributed by atoms with Crippen LogP contribution < -0.4 is 5.32 Å². The molecule has 1 saturated carbocycles. The summed E-state index contributed by atoms with van der Waals surface area (Å²) in [7, 11) is 4.34. The molecule has 1 N–H and O–H groups in total. The highest BCUT2D eigenvalue weighted by atomic mass is 15.2. The number of rotatable bonds is 5. The molecule has 0 aromatic carbocycles.